The number of likely N-dealkylation sites (N-methyl/N-ethyl adjacent to an activating group) is 1. The van der Waals surface area contributed by atoms with Crippen molar-refractivity contribution in [1.29, 1.82) is 0 Å². The summed E-state index contributed by atoms with van der Waals surface area (Å²) in [6.07, 6.45) is 2.65. The minimum absolute atomic E-state index is 0. The van der Waals surface area contributed by atoms with Crippen molar-refractivity contribution in [1.82, 2.24) is 10.2 Å². The molecule has 0 heterocycles. The van der Waals surface area contributed by atoms with Crippen LogP contribution < -0.4 is 10.1 Å². The zero-order valence-corrected chi connectivity index (χ0v) is 17.4. The SMILES string of the molecule is CN=C(NCCOc1cccc(Cl)c1)N(C)CCOCC1CC1.I. The molecule has 7 heteroatoms. The molecular weight excluding hydrogens is 441 g/mol. The maximum Gasteiger partial charge on any atom is 0.193 e. The van der Waals surface area contributed by atoms with E-state index in [-0.39, 0.29) is 24.0 Å². The van der Waals surface area contributed by atoms with E-state index in [0.717, 1.165) is 37.4 Å². The van der Waals surface area contributed by atoms with Crippen molar-refractivity contribution in [3.63, 3.8) is 0 Å². The van der Waals surface area contributed by atoms with Gasteiger partial charge in [-0.2, -0.15) is 0 Å². The van der Waals surface area contributed by atoms with Crippen molar-refractivity contribution < 1.29 is 9.47 Å². The number of ether oxygens (including phenoxy) is 2. The highest BCUT2D eigenvalue weighted by Gasteiger charge is 2.21. The van der Waals surface area contributed by atoms with Crippen LogP contribution >= 0.6 is 35.6 Å². The van der Waals surface area contributed by atoms with E-state index in [0.29, 0.717) is 18.2 Å². The lowest BCUT2D eigenvalue weighted by Gasteiger charge is -2.22. The van der Waals surface area contributed by atoms with Gasteiger partial charge in [-0.15, -0.1) is 24.0 Å². The number of halogens is 2. The number of hydrogen-bond donors (Lipinski definition) is 1. The Kier molecular flexibility index (Phi) is 10.4. The molecule has 1 aromatic carbocycles. The van der Waals surface area contributed by atoms with Gasteiger partial charge in [0.25, 0.3) is 0 Å². The van der Waals surface area contributed by atoms with Gasteiger partial charge in [0.15, 0.2) is 5.96 Å². The van der Waals surface area contributed by atoms with Crippen molar-refractivity contribution in [2.45, 2.75) is 12.8 Å². The second-order valence-corrected chi connectivity index (χ2v) is 6.16. The van der Waals surface area contributed by atoms with E-state index < -0.39 is 0 Å². The van der Waals surface area contributed by atoms with Crippen molar-refractivity contribution in [3.05, 3.63) is 29.3 Å². The second kappa shape index (κ2) is 11.8. The lowest BCUT2D eigenvalue weighted by Crippen LogP contribution is -2.42. The van der Waals surface area contributed by atoms with Crippen LogP contribution in [0.1, 0.15) is 12.8 Å². The van der Waals surface area contributed by atoms with Crippen molar-refractivity contribution in [3.8, 4) is 5.75 Å². The molecule has 0 saturated heterocycles. The fourth-order valence-corrected chi connectivity index (χ4v) is 2.30. The molecule has 1 aromatic rings. The number of aliphatic imine (C=N–C) groups is 1. The highest BCUT2D eigenvalue weighted by Crippen LogP contribution is 2.28. The molecule has 2 rings (SSSR count). The van der Waals surface area contributed by atoms with E-state index >= 15 is 0 Å². The Hall–Kier alpha value is -0.730. The van der Waals surface area contributed by atoms with Crippen LogP contribution in [0.4, 0.5) is 0 Å². The molecule has 0 spiro atoms. The fraction of sp³-hybridized carbons (Fsp3) is 0.588. The van der Waals surface area contributed by atoms with Crippen molar-refractivity contribution in [2.75, 3.05) is 47.0 Å². The highest BCUT2D eigenvalue weighted by molar-refractivity contribution is 14.0. The second-order valence-electron chi connectivity index (χ2n) is 5.72. The zero-order valence-electron chi connectivity index (χ0n) is 14.3. The summed E-state index contributed by atoms with van der Waals surface area (Å²) < 4.78 is 11.3. The molecule has 136 valence electrons. The topological polar surface area (TPSA) is 46.1 Å². The third-order valence-electron chi connectivity index (χ3n) is 3.64. The fourth-order valence-electron chi connectivity index (χ4n) is 2.12. The van der Waals surface area contributed by atoms with E-state index in [1.165, 1.54) is 12.8 Å². The van der Waals surface area contributed by atoms with Gasteiger partial charge in [-0.25, -0.2) is 0 Å². The van der Waals surface area contributed by atoms with E-state index in [4.69, 9.17) is 21.1 Å². The van der Waals surface area contributed by atoms with Gasteiger partial charge in [-0.05, 0) is 37.0 Å². The molecule has 0 aliphatic heterocycles. The van der Waals surface area contributed by atoms with Crippen LogP contribution in [-0.2, 0) is 4.74 Å². The molecule has 24 heavy (non-hydrogen) atoms. The van der Waals surface area contributed by atoms with E-state index in [2.05, 4.69) is 15.2 Å². The zero-order chi connectivity index (χ0) is 16.5. The quantitative estimate of drug-likeness (QED) is 0.262. The van der Waals surface area contributed by atoms with Crippen LogP contribution in [0, 0.1) is 5.92 Å². The third kappa shape index (κ3) is 8.39. The van der Waals surface area contributed by atoms with Crippen LogP contribution in [0.3, 0.4) is 0 Å². The van der Waals surface area contributed by atoms with Gasteiger partial charge in [-0.1, -0.05) is 17.7 Å². The van der Waals surface area contributed by atoms with Gasteiger partial charge in [0.1, 0.15) is 12.4 Å². The average molecular weight is 468 g/mol. The van der Waals surface area contributed by atoms with Crippen LogP contribution in [0.15, 0.2) is 29.3 Å². The molecule has 0 aromatic heterocycles. The van der Waals surface area contributed by atoms with Gasteiger partial charge < -0.3 is 19.7 Å². The number of hydrogen-bond acceptors (Lipinski definition) is 3. The van der Waals surface area contributed by atoms with E-state index in [9.17, 15) is 0 Å². The maximum atomic E-state index is 5.92. The number of guanidine groups is 1. The molecule has 1 aliphatic carbocycles. The van der Waals surface area contributed by atoms with Crippen LogP contribution in [0.5, 0.6) is 5.75 Å². The predicted molar refractivity (Wildman–Crippen MR) is 110 cm³/mol. The van der Waals surface area contributed by atoms with Crippen molar-refractivity contribution >= 4 is 41.5 Å². The van der Waals surface area contributed by atoms with E-state index in [1.807, 2.05) is 25.2 Å². The summed E-state index contributed by atoms with van der Waals surface area (Å²) >= 11 is 5.92. The van der Waals surface area contributed by atoms with Gasteiger partial charge in [-0.3, -0.25) is 4.99 Å². The Morgan fingerprint density at radius 1 is 1.38 bits per heavy atom. The van der Waals surface area contributed by atoms with Gasteiger partial charge in [0, 0.05) is 32.3 Å². The molecule has 0 amide bonds. The highest BCUT2D eigenvalue weighted by atomic mass is 127. The lowest BCUT2D eigenvalue weighted by molar-refractivity contribution is 0.115. The number of rotatable bonds is 9. The summed E-state index contributed by atoms with van der Waals surface area (Å²) in [4.78, 5) is 6.33. The Morgan fingerprint density at radius 3 is 2.83 bits per heavy atom. The first-order valence-electron chi connectivity index (χ1n) is 8.07. The molecule has 1 aliphatic rings. The molecule has 0 atom stereocenters. The largest absolute Gasteiger partial charge is 0.492 e. The van der Waals surface area contributed by atoms with Crippen LogP contribution in [0.25, 0.3) is 0 Å². The van der Waals surface area contributed by atoms with Gasteiger partial charge in [0.2, 0.25) is 0 Å². The van der Waals surface area contributed by atoms with Gasteiger partial charge >= 0.3 is 0 Å². The first kappa shape index (κ1) is 21.3. The summed E-state index contributed by atoms with van der Waals surface area (Å²) in [5.41, 5.74) is 0. The Bertz CT molecular complexity index is 512. The molecule has 0 radical (unpaired) electrons. The summed E-state index contributed by atoms with van der Waals surface area (Å²) in [5, 5.41) is 3.96. The minimum atomic E-state index is 0. The minimum Gasteiger partial charge on any atom is -0.492 e. The first-order chi connectivity index (χ1) is 11.2. The van der Waals surface area contributed by atoms with E-state index in [1.54, 1.807) is 13.1 Å². The molecular formula is C17H27ClIN3O2. The first-order valence-corrected chi connectivity index (χ1v) is 8.44. The standard InChI is InChI=1S/C17H26ClN3O2.HI/c1-19-17(21(2)9-11-22-13-14-6-7-14)20-8-10-23-16-5-3-4-15(18)12-16;/h3-5,12,14H,6-11,13H2,1-2H3,(H,19,20);1H. The molecule has 0 unspecified atom stereocenters. The predicted octanol–water partition coefficient (Wildman–Crippen LogP) is 3.27. The molecule has 0 bridgehead atoms. The number of benzene rings is 1. The Balaban J connectivity index is 0.00000288. The molecule has 1 N–H and O–H groups in total. The maximum absolute atomic E-state index is 5.92. The molecule has 1 fully saturated rings. The summed E-state index contributed by atoms with van der Waals surface area (Å²) in [7, 11) is 3.79. The van der Waals surface area contributed by atoms with Gasteiger partial charge in [0.05, 0.1) is 13.2 Å². The third-order valence-corrected chi connectivity index (χ3v) is 3.88. The Labute approximate surface area is 166 Å². The normalized spacial score (nSPS) is 14.0. The van der Waals surface area contributed by atoms with Crippen molar-refractivity contribution in [2.24, 2.45) is 10.9 Å². The average Bonchev–Trinajstić information content (AvgIpc) is 3.36. The number of nitrogens with zero attached hydrogens (tertiary/aromatic N) is 2. The number of nitrogens with one attached hydrogen (secondary N) is 1. The van der Waals surface area contributed by atoms with Crippen LogP contribution in [-0.4, -0.2) is 57.9 Å². The summed E-state index contributed by atoms with van der Waals surface area (Å²) in [6.45, 7) is 3.67. The lowest BCUT2D eigenvalue weighted by atomic mass is 10.3. The summed E-state index contributed by atoms with van der Waals surface area (Å²) in [5.74, 6) is 2.42. The summed E-state index contributed by atoms with van der Waals surface area (Å²) in [6, 6.07) is 7.40. The smallest absolute Gasteiger partial charge is 0.193 e. The molecule has 1 saturated carbocycles. The molecule has 5 nitrogen and oxygen atoms in total. The monoisotopic (exact) mass is 467 g/mol. The Morgan fingerprint density at radius 2 is 2.17 bits per heavy atom. The van der Waals surface area contributed by atoms with Crippen LogP contribution in [0.2, 0.25) is 5.02 Å².